The third-order valence-corrected chi connectivity index (χ3v) is 3.19. The smallest absolute Gasteiger partial charge is 0.314 e. The Morgan fingerprint density at radius 1 is 1.42 bits per heavy atom. The number of hydrogen-bond acceptors (Lipinski definition) is 3. The number of carbonyl (C=O) groups is 1. The second-order valence-electron chi connectivity index (χ2n) is 5.23. The lowest BCUT2D eigenvalue weighted by molar-refractivity contribution is 0.240. The number of aromatic nitrogens is 1. The normalized spacial score (nSPS) is 11.6. The van der Waals surface area contributed by atoms with Crippen molar-refractivity contribution in [2.75, 3.05) is 13.6 Å². The highest BCUT2D eigenvalue weighted by molar-refractivity contribution is 5.75. The van der Waals surface area contributed by atoms with Crippen LogP contribution in [-0.2, 0) is 5.41 Å². The second kappa shape index (κ2) is 4.91. The maximum Gasteiger partial charge on any atom is 0.314 e. The summed E-state index contributed by atoms with van der Waals surface area (Å²) in [4.78, 5) is 15.5. The number of carbonyl (C=O) groups excluding carboxylic acids is 1. The van der Waals surface area contributed by atoms with Crippen LogP contribution in [0.2, 0.25) is 0 Å². The first-order valence-electron chi connectivity index (χ1n) is 6.25. The van der Waals surface area contributed by atoms with Gasteiger partial charge in [-0.25, -0.2) is 9.78 Å². The Hall–Kier alpha value is -2.04. The van der Waals surface area contributed by atoms with Crippen molar-refractivity contribution in [1.82, 2.24) is 15.6 Å². The zero-order chi connectivity index (χ0) is 14.0. The van der Waals surface area contributed by atoms with Gasteiger partial charge in [0.25, 0.3) is 0 Å². The molecule has 19 heavy (non-hydrogen) atoms. The van der Waals surface area contributed by atoms with Crippen LogP contribution in [0.25, 0.3) is 11.1 Å². The predicted octanol–water partition coefficient (Wildman–Crippen LogP) is 2.34. The fourth-order valence-corrected chi connectivity index (χ4v) is 1.95. The monoisotopic (exact) mass is 261 g/mol. The summed E-state index contributed by atoms with van der Waals surface area (Å²) in [5, 5.41) is 5.37. The van der Waals surface area contributed by atoms with E-state index in [9.17, 15) is 4.79 Å². The number of aryl methyl sites for hydroxylation is 1. The summed E-state index contributed by atoms with van der Waals surface area (Å²) in [6.45, 7) is 6.53. The molecular weight excluding hydrogens is 242 g/mol. The van der Waals surface area contributed by atoms with Crippen LogP contribution in [0.5, 0.6) is 0 Å². The van der Waals surface area contributed by atoms with Crippen molar-refractivity contribution < 1.29 is 9.21 Å². The van der Waals surface area contributed by atoms with Crippen molar-refractivity contribution in [1.29, 1.82) is 0 Å². The quantitative estimate of drug-likeness (QED) is 0.891. The van der Waals surface area contributed by atoms with Crippen LogP contribution < -0.4 is 10.6 Å². The standard InChI is InChI=1S/C14H19N3O2/c1-9-17-11-6-5-10(7-12(11)19-9)14(2,3)8-16-13(18)15-4/h5-7H,8H2,1-4H3,(H2,15,16,18). The van der Waals surface area contributed by atoms with Crippen LogP contribution in [0.1, 0.15) is 25.3 Å². The first-order chi connectivity index (χ1) is 8.92. The molecule has 0 unspecified atom stereocenters. The Morgan fingerprint density at radius 2 is 2.16 bits per heavy atom. The van der Waals surface area contributed by atoms with Crippen molar-refractivity contribution in [3.8, 4) is 0 Å². The molecular formula is C14H19N3O2. The molecule has 5 nitrogen and oxygen atoms in total. The fourth-order valence-electron chi connectivity index (χ4n) is 1.95. The SMILES string of the molecule is CNC(=O)NCC(C)(C)c1ccc2nc(C)oc2c1. The topological polar surface area (TPSA) is 67.2 Å². The lowest BCUT2D eigenvalue weighted by atomic mass is 9.84. The van der Waals surface area contributed by atoms with Crippen molar-refractivity contribution in [3.05, 3.63) is 29.7 Å². The Balaban J connectivity index is 2.23. The average molecular weight is 261 g/mol. The molecule has 1 aromatic heterocycles. The van der Waals surface area contributed by atoms with E-state index in [1.165, 1.54) is 0 Å². The number of oxazole rings is 1. The molecule has 0 saturated carbocycles. The predicted molar refractivity (Wildman–Crippen MR) is 74.2 cm³/mol. The van der Waals surface area contributed by atoms with Crippen LogP contribution in [0.3, 0.4) is 0 Å². The minimum atomic E-state index is -0.179. The molecule has 2 rings (SSSR count). The first-order valence-corrected chi connectivity index (χ1v) is 6.25. The lowest BCUT2D eigenvalue weighted by Gasteiger charge is -2.25. The molecule has 0 fully saturated rings. The largest absolute Gasteiger partial charge is 0.441 e. The van der Waals surface area contributed by atoms with E-state index in [0.29, 0.717) is 12.4 Å². The van der Waals surface area contributed by atoms with Crippen molar-refractivity contribution in [2.24, 2.45) is 0 Å². The minimum Gasteiger partial charge on any atom is -0.441 e. The number of urea groups is 1. The molecule has 1 aromatic carbocycles. The van der Waals surface area contributed by atoms with E-state index in [2.05, 4.69) is 29.5 Å². The molecule has 0 atom stereocenters. The van der Waals surface area contributed by atoms with Crippen LogP contribution in [0, 0.1) is 6.92 Å². The van der Waals surface area contributed by atoms with Crippen LogP contribution in [0.15, 0.2) is 22.6 Å². The molecule has 102 valence electrons. The average Bonchev–Trinajstić information content (AvgIpc) is 2.74. The van der Waals surface area contributed by atoms with Gasteiger partial charge in [0.2, 0.25) is 0 Å². The van der Waals surface area contributed by atoms with E-state index in [1.54, 1.807) is 7.05 Å². The molecule has 1 heterocycles. The molecule has 0 aliphatic carbocycles. The highest BCUT2D eigenvalue weighted by Gasteiger charge is 2.22. The zero-order valence-electron chi connectivity index (χ0n) is 11.7. The van der Waals surface area contributed by atoms with Gasteiger partial charge in [-0.15, -0.1) is 0 Å². The van der Waals surface area contributed by atoms with Gasteiger partial charge >= 0.3 is 6.03 Å². The van der Waals surface area contributed by atoms with Crippen LogP contribution in [-0.4, -0.2) is 24.6 Å². The van der Waals surface area contributed by atoms with Gasteiger partial charge in [0.15, 0.2) is 11.5 Å². The molecule has 5 heteroatoms. The van der Waals surface area contributed by atoms with Gasteiger partial charge in [0.05, 0.1) is 0 Å². The van der Waals surface area contributed by atoms with E-state index in [1.807, 2.05) is 25.1 Å². The molecule has 0 radical (unpaired) electrons. The maximum absolute atomic E-state index is 11.3. The maximum atomic E-state index is 11.3. The second-order valence-corrected chi connectivity index (χ2v) is 5.23. The molecule has 0 aliphatic heterocycles. The summed E-state index contributed by atoms with van der Waals surface area (Å²) in [6, 6.07) is 5.78. The summed E-state index contributed by atoms with van der Waals surface area (Å²) < 4.78 is 5.54. The third kappa shape index (κ3) is 2.86. The van der Waals surface area contributed by atoms with E-state index in [4.69, 9.17) is 4.42 Å². The van der Waals surface area contributed by atoms with Crippen molar-refractivity contribution in [3.63, 3.8) is 0 Å². The van der Waals surface area contributed by atoms with Gasteiger partial charge in [0.1, 0.15) is 5.52 Å². The van der Waals surface area contributed by atoms with Gasteiger partial charge < -0.3 is 15.1 Å². The van der Waals surface area contributed by atoms with Crippen molar-refractivity contribution >= 4 is 17.1 Å². The molecule has 2 amide bonds. The Kier molecular flexibility index (Phi) is 3.46. The lowest BCUT2D eigenvalue weighted by Crippen LogP contribution is -2.40. The summed E-state index contributed by atoms with van der Waals surface area (Å²) in [5.41, 5.74) is 2.56. The Morgan fingerprint density at radius 3 is 2.84 bits per heavy atom. The molecule has 0 bridgehead atoms. The van der Waals surface area contributed by atoms with Gasteiger partial charge in [-0.05, 0) is 17.7 Å². The Labute approximate surface area is 112 Å². The van der Waals surface area contributed by atoms with Crippen LogP contribution in [0.4, 0.5) is 4.79 Å². The minimum absolute atomic E-state index is 0.176. The van der Waals surface area contributed by atoms with Gasteiger partial charge in [-0.2, -0.15) is 0 Å². The van der Waals surface area contributed by atoms with E-state index in [0.717, 1.165) is 16.7 Å². The highest BCUT2D eigenvalue weighted by atomic mass is 16.3. The van der Waals surface area contributed by atoms with Gasteiger partial charge in [-0.3, -0.25) is 0 Å². The third-order valence-electron chi connectivity index (χ3n) is 3.19. The fraction of sp³-hybridized carbons (Fsp3) is 0.429. The van der Waals surface area contributed by atoms with E-state index in [-0.39, 0.29) is 11.4 Å². The number of nitrogens with zero attached hydrogens (tertiary/aromatic N) is 1. The molecule has 2 N–H and O–H groups in total. The highest BCUT2D eigenvalue weighted by Crippen LogP contribution is 2.26. The number of amides is 2. The molecule has 0 spiro atoms. The number of rotatable bonds is 3. The van der Waals surface area contributed by atoms with E-state index < -0.39 is 0 Å². The summed E-state index contributed by atoms with van der Waals surface area (Å²) in [7, 11) is 1.60. The molecule has 0 aliphatic rings. The molecule has 2 aromatic rings. The van der Waals surface area contributed by atoms with Gasteiger partial charge in [-0.1, -0.05) is 19.9 Å². The number of benzene rings is 1. The first kappa shape index (κ1) is 13.4. The number of hydrogen-bond donors (Lipinski definition) is 2. The van der Waals surface area contributed by atoms with Crippen LogP contribution >= 0.6 is 0 Å². The van der Waals surface area contributed by atoms with Crippen molar-refractivity contribution in [2.45, 2.75) is 26.2 Å². The van der Waals surface area contributed by atoms with E-state index >= 15 is 0 Å². The van der Waals surface area contributed by atoms with Gasteiger partial charge in [0, 0.05) is 25.9 Å². The summed E-state index contributed by atoms with van der Waals surface area (Å²) >= 11 is 0. The number of nitrogens with one attached hydrogen (secondary N) is 2. The zero-order valence-corrected chi connectivity index (χ0v) is 11.7. The summed E-state index contributed by atoms with van der Waals surface area (Å²) in [5.74, 6) is 0.661. The summed E-state index contributed by atoms with van der Waals surface area (Å²) in [6.07, 6.45) is 0. The molecule has 0 saturated heterocycles. The Bertz CT molecular complexity index is 602. The number of fused-ring (bicyclic) bond motifs is 1.